The lowest BCUT2D eigenvalue weighted by atomic mass is 9.72. The molecule has 3 rings (SSSR count). The number of anilines is 1. The molecule has 1 amide bonds. The number of likely N-dealkylation sites (tertiary alicyclic amines) is 1. The van der Waals surface area contributed by atoms with Gasteiger partial charge in [-0.2, -0.15) is 5.10 Å². The predicted molar refractivity (Wildman–Crippen MR) is 118 cm³/mol. The van der Waals surface area contributed by atoms with Crippen LogP contribution in [0.3, 0.4) is 0 Å². The first-order chi connectivity index (χ1) is 13.4. The number of hydrogen-bond acceptors (Lipinski definition) is 5. The van der Waals surface area contributed by atoms with Gasteiger partial charge in [-0.3, -0.25) is 0 Å². The highest BCUT2D eigenvalue weighted by molar-refractivity contribution is 6.76. The normalized spacial score (nSPS) is 19.4. The van der Waals surface area contributed by atoms with Crippen LogP contribution in [0.5, 0.6) is 0 Å². The van der Waals surface area contributed by atoms with Crippen molar-refractivity contribution >= 4 is 19.9 Å². The molecule has 2 aliphatic rings. The van der Waals surface area contributed by atoms with Crippen LogP contribution in [0, 0.1) is 5.41 Å². The summed E-state index contributed by atoms with van der Waals surface area (Å²) in [6.07, 6.45) is 6.04. The van der Waals surface area contributed by atoms with Crippen molar-refractivity contribution in [3.05, 3.63) is 12.4 Å². The first kappa shape index (κ1) is 22.1. The van der Waals surface area contributed by atoms with E-state index >= 15 is 0 Å². The van der Waals surface area contributed by atoms with Crippen LogP contribution in [-0.4, -0.2) is 67.2 Å². The summed E-state index contributed by atoms with van der Waals surface area (Å²) in [6, 6.07) is 1.18. The lowest BCUT2D eigenvalue weighted by Crippen LogP contribution is -2.62. The van der Waals surface area contributed by atoms with Crippen molar-refractivity contribution in [2.45, 2.75) is 71.6 Å². The second-order valence-electron chi connectivity index (χ2n) is 10.9. The Bertz CT molecular complexity index is 692. The van der Waals surface area contributed by atoms with Gasteiger partial charge in [0.1, 0.15) is 12.3 Å². The molecule has 7 nitrogen and oxygen atoms in total. The van der Waals surface area contributed by atoms with E-state index in [-0.39, 0.29) is 11.5 Å². The second kappa shape index (κ2) is 8.30. The molecule has 2 saturated heterocycles. The zero-order valence-corrected chi connectivity index (χ0v) is 20.0. The Kier molecular flexibility index (Phi) is 6.34. The second-order valence-corrected chi connectivity index (χ2v) is 16.5. The third-order valence-electron chi connectivity index (χ3n) is 5.73. The number of piperidine rings is 1. The Hall–Kier alpha value is -1.54. The van der Waals surface area contributed by atoms with E-state index in [1.807, 2.05) is 36.5 Å². The summed E-state index contributed by atoms with van der Waals surface area (Å²) in [7, 11) is -1.05. The first-order valence-electron chi connectivity index (χ1n) is 10.8. The fourth-order valence-corrected chi connectivity index (χ4v) is 4.65. The molecule has 0 unspecified atom stereocenters. The van der Waals surface area contributed by atoms with Gasteiger partial charge in [-0.15, -0.1) is 0 Å². The number of ether oxygens (including phenoxy) is 2. The topological polar surface area (TPSA) is 59.8 Å². The van der Waals surface area contributed by atoms with Crippen LogP contribution in [0.4, 0.5) is 10.5 Å². The lowest BCUT2D eigenvalue weighted by molar-refractivity contribution is -0.0434. The van der Waals surface area contributed by atoms with Crippen LogP contribution in [0.1, 0.15) is 33.6 Å². The van der Waals surface area contributed by atoms with Crippen LogP contribution in [-0.2, 0) is 16.2 Å². The highest BCUT2D eigenvalue weighted by atomic mass is 28.3. The summed E-state index contributed by atoms with van der Waals surface area (Å²) >= 11 is 0. The van der Waals surface area contributed by atoms with Crippen molar-refractivity contribution in [3.63, 3.8) is 0 Å². The Balaban J connectivity index is 1.40. The fourth-order valence-electron chi connectivity index (χ4n) is 3.90. The van der Waals surface area contributed by atoms with Gasteiger partial charge in [-0.25, -0.2) is 9.48 Å². The SMILES string of the molecule is CC(C)(C)OC(=O)N1CC2(CCN(c3cnn(COCC[Si](C)(C)C)c3)CC2)C1. The smallest absolute Gasteiger partial charge is 0.410 e. The van der Waals surface area contributed by atoms with E-state index < -0.39 is 13.7 Å². The molecule has 0 bridgehead atoms. The zero-order chi connectivity index (χ0) is 21.3. The molecular formula is C21H38N4O3Si. The molecule has 2 aliphatic heterocycles. The summed E-state index contributed by atoms with van der Waals surface area (Å²) in [5.41, 5.74) is 1.00. The van der Waals surface area contributed by atoms with E-state index in [4.69, 9.17) is 9.47 Å². The van der Waals surface area contributed by atoms with Crippen LogP contribution in [0.15, 0.2) is 12.4 Å². The maximum absolute atomic E-state index is 12.2. The number of nitrogens with zero attached hydrogens (tertiary/aromatic N) is 4. The highest BCUT2D eigenvalue weighted by Gasteiger charge is 2.47. The molecule has 1 spiro atoms. The Morgan fingerprint density at radius 2 is 1.86 bits per heavy atom. The molecule has 0 radical (unpaired) electrons. The Labute approximate surface area is 176 Å². The number of amides is 1. The monoisotopic (exact) mass is 422 g/mol. The highest BCUT2D eigenvalue weighted by Crippen LogP contribution is 2.41. The van der Waals surface area contributed by atoms with Gasteiger partial charge >= 0.3 is 6.09 Å². The molecule has 8 heteroatoms. The van der Waals surface area contributed by atoms with Crippen molar-refractivity contribution in [1.82, 2.24) is 14.7 Å². The molecule has 0 aliphatic carbocycles. The van der Waals surface area contributed by atoms with Crippen LogP contribution < -0.4 is 4.90 Å². The molecule has 0 aromatic carbocycles. The van der Waals surface area contributed by atoms with E-state index in [9.17, 15) is 4.79 Å². The van der Waals surface area contributed by atoms with Crippen molar-refractivity contribution in [2.24, 2.45) is 5.41 Å². The predicted octanol–water partition coefficient (Wildman–Crippen LogP) is 4.03. The summed E-state index contributed by atoms with van der Waals surface area (Å²) in [5.74, 6) is 0. The van der Waals surface area contributed by atoms with Crippen molar-refractivity contribution in [1.29, 1.82) is 0 Å². The molecule has 29 heavy (non-hydrogen) atoms. The maximum Gasteiger partial charge on any atom is 0.410 e. The van der Waals surface area contributed by atoms with Crippen molar-refractivity contribution in [3.8, 4) is 0 Å². The fraction of sp³-hybridized carbons (Fsp3) is 0.810. The zero-order valence-electron chi connectivity index (χ0n) is 19.0. The molecule has 1 aromatic rings. The summed E-state index contributed by atoms with van der Waals surface area (Å²) in [6.45, 7) is 17.8. The third-order valence-corrected chi connectivity index (χ3v) is 7.44. The maximum atomic E-state index is 12.2. The van der Waals surface area contributed by atoms with Gasteiger partial charge in [0.25, 0.3) is 0 Å². The van der Waals surface area contributed by atoms with Gasteiger partial charge in [0.15, 0.2) is 0 Å². The van der Waals surface area contributed by atoms with Crippen molar-refractivity contribution in [2.75, 3.05) is 37.7 Å². The number of hydrogen-bond donors (Lipinski definition) is 0. The Morgan fingerprint density at radius 3 is 2.45 bits per heavy atom. The van der Waals surface area contributed by atoms with Crippen LogP contribution in [0.2, 0.25) is 25.7 Å². The molecule has 1 aromatic heterocycles. The lowest BCUT2D eigenvalue weighted by Gasteiger charge is -2.53. The number of carbonyl (C=O) groups excluding carboxylic acids is 1. The van der Waals surface area contributed by atoms with Gasteiger partial charge in [0, 0.05) is 46.3 Å². The summed E-state index contributed by atoms with van der Waals surface area (Å²) < 4.78 is 13.2. The largest absolute Gasteiger partial charge is 0.444 e. The first-order valence-corrected chi connectivity index (χ1v) is 14.5. The van der Waals surface area contributed by atoms with E-state index in [1.54, 1.807) is 0 Å². The number of rotatable bonds is 6. The summed E-state index contributed by atoms with van der Waals surface area (Å²) in [4.78, 5) is 16.4. The van der Waals surface area contributed by atoms with Gasteiger partial charge in [0.05, 0.1) is 18.1 Å². The average Bonchev–Trinajstić information content (AvgIpc) is 3.03. The van der Waals surface area contributed by atoms with Gasteiger partial charge in [-0.1, -0.05) is 19.6 Å². The van der Waals surface area contributed by atoms with E-state index in [0.29, 0.717) is 6.73 Å². The molecular weight excluding hydrogens is 384 g/mol. The molecule has 0 saturated carbocycles. The molecule has 164 valence electrons. The van der Waals surface area contributed by atoms with Crippen molar-refractivity contribution < 1.29 is 14.3 Å². The van der Waals surface area contributed by atoms with Gasteiger partial charge < -0.3 is 19.3 Å². The molecule has 0 atom stereocenters. The van der Waals surface area contributed by atoms with E-state index in [2.05, 4.69) is 35.8 Å². The Morgan fingerprint density at radius 1 is 1.21 bits per heavy atom. The van der Waals surface area contributed by atoms with Gasteiger partial charge in [0.2, 0.25) is 0 Å². The van der Waals surface area contributed by atoms with E-state index in [1.165, 1.54) is 6.04 Å². The van der Waals surface area contributed by atoms with Crippen LogP contribution in [0.25, 0.3) is 0 Å². The summed E-state index contributed by atoms with van der Waals surface area (Å²) in [5, 5.41) is 4.46. The molecule has 0 N–H and O–H groups in total. The minimum absolute atomic E-state index is 0.180. The quantitative estimate of drug-likeness (QED) is 0.512. The number of carbonyl (C=O) groups is 1. The average molecular weight is 423 g/mol. The minimum atomic E-state index is -1.05. The minimum Gasteiger partial charge on any atom is -0.444 e. The van der Waals surface area contributed by atoms with Crippen LogP contribution >= 0.6 is 0 Å². The van der Waals surface area contributed by atoms with Gasteiger partial charge in [-0.05, 0) is 39.7 Å². The standard InChI is InChI=1S/C21H38N4O3Si/c1-20(2,3)28-19(26)24-15-21(16-24)7-9-23(10-8-21)18-13-22-25(14-18)17-27-11-12-29(4,5)6/h13-14H,7-12,15-17H2,1-6H3. The molecule has 3 heterocycles. The number of aromatic nitrogens is 2. The molecule has 2 fully saturated rings. The van der Waals surface area contributed by atoms with E-state index in [0.717, 1.165) is 51.3 Å². The third kappa shape index (κ3) is 6.22.